The summed E-state index contributed by atoms with van der Waals surface area (Å²) in [5, 5.41) is 0. The van der Waals surface area contributed by atoms with Crippen LogP contribution in [0, 0.1) is 6.92 Å². The Labute approximate surface area is 119 Å². The molecule has 1 amide bonds. The normalized spacial score (nSPS) is 10.8. The molecule has 0 unspecified atom stereocenters. The standard InChI is InChI=1S/C16H20N2O2/c1-11(2)18(14-7-5-13(10-17)6-8-14)16(19)15-9-4-12(3)20-15/h4-9,11H,10,17H2,1-3H3. The fourth-order valence-corrected chi connectivity index (χ4v) is 2.11. The number of nitrogens with two attached hydrogens (primary N) is 1. The molecule has 0 atom stereocenters. The van der Waals surface area contributed by atoms with Crippen molar-refractivity contribution in [2.75, 3.05) is 4.90 Å². The van der Waals surface area contributed by atoms with Gasteiger partial charge in [-0.3, -0.25) is 4.79 Å². The van der Waals surface area contributed by atoms with Gasteiger partial charge in [-0.2, -0.15) is 0 Å². The van der Waals surface area contributed by atoms with Crippen LogP contribution in [-0.4, -0.2) is 11.9 Å². The second-order valence-corrected chi connectivity index (χ2v) is 5.05. The summed E-state index contributed by atoms with van der Waals surface area (Å²) in [6, 6.07) is 11.2. The lowest BCUT2D eigenvalue weighted by Gasteiger charge is -2.26. The van der Waals surface area contributed by atoms with Gasteiger partial charge in [0.2, 0.25) is 0 Å². The minimum atomic E-state index is -0.131. The number of furan rings is 1. The topological polar surface area (TPSA) is 59.5 Å². The molecule has 0 aliphatic carbocycles. The average molecular weight is 272 g/mol. The zero-order valence-corrected chi connectivity index (χ0v) is 12.1. The Hall–Kier alpha value is -2.07. The van der Waals surface area contributed by atoms with Crippen molar-refractivity contribution in [3.05, 3.63) is 53.5 Å². The van der Waals surface area contributed by atoms with E-state index in [0.717, 1.165) is 17.0 Å². The summed E-state index contributed by atoms with van der Waals surface area (Å²) >= 11 is 0. The molecule has 106 valence electrons. The van der Waals surface area contributed by atoms with E-state index >= 15 is 0 Å². The number of hydrogen-bond acceptors (Lipinski definition) is 3. The maximum Gasteiger partial charge on any atom is 0.294 e. The van der Waals surface area contributed by atoms with Crippen LogP contribution < -0.4 is 10.6 Å². The van der Waals surface area contributed by atoms with Crippen molar-refractivity contribution >= 4 is 11.6 Å². The number of carbonyl (C=O) groups excluding carboxylic acids is 1. The van der Waals surface area contributed by atoms with Gasteiger partial charge in [0.25, 0.3) is 5.91 Å². The number of anilines is 1. The predicted octanol–water partition coefficient (Wildman–Crippen LogP) is 3.10. The van der Waals surface area contributed by atoms with Gasteiger partial charge >= 0.3 is 0 Å². The monoisotopic (exact) mass is 272 g/mol. The zero-order chi connectivity index (χ0) is 14.7. The van der Waals surface area contributed by atoms with E-state index in [2.05, 4.69) is 0 Å². The van der Waals surface area contributed by atoms with Crippen LogP contribution in [0.3, 0.4) is 0 Å². The van der Waals surface area contributed by atoms with Crippen LogP contribution in [-0.2, 0) is 6.54 Å². The van der Waals surface area contributed by atoms with Gasteiger partial charge in [0, 0.05) is 18.3 Å². The third kappa shape index (κ3) is 2.91. The molecule has 1 aromatic heterocycles. The number of aryl methyl sites for hydroxylation is 1. The molecule has 4 heteroatoms. The minimum Gasteiger partial charge on any atom is -0.456 e. The molecule has 20 heavy (non-hydrogen) atoms. The van der Waals surface area contributed by atoms with E-state index in [0.29, 0.717) is 12.3 Å². The van der Waals surface area contributed by atoms with E-state index in [1.807, 2.05) is 45.0 Å². The third-order valence-electron chi connectivity index (χ3n) is 3.14. The van der Waals surface area contributed by atoms with E-state index in [4.69, 9.17) is 10.2 Å². The first-order valence-electron chi connectivity index (χ1n) is 6.72. The molecule has 4 nitrogen and oxygen atoms in total. The molecule has 0 fully saturated rings. The summed E-state index contributed by atoms with van der Waals surface area (Å²) in [6.45, 7) is 6.27. The third-order valence-corrected chi connectivity index (χ3v) is 3.14. The molecule has 2 N–H and O–H groups in total. The van der Waals surface area contributed by atoms with Crippen LogP contribution in [0.25, 0.3) is 0 Å². The summed E-state index contributed by atoms with van der Waals surface area (Å²) in [6.07, 6.45) is 0. The first-order chi connectivity index (χ1) is 9.52. The van der Waals surface area contributed by atoms with Crippen molar-refractivity contribution in [2.24, 2.45) is 5.73 Å². The van der Waals surface area contributed by atoms with Crippen molar-refractivity contribution in [3.8, 4) is 0 Å². The molecule has 1 aromatic carbocycles. The molecule has 2 rings (SSSR count). The summed E-state index contributed by atoms with van der Waals surface area (Å²) < 4.78 is 5.43. The van der Waals surface area contributed by atoms with Crippen molar-refractivity contribution in [3.63, 3.8) is 0 Å². The van der Waals surface area contributed by atoms with E-state index in [-0.39, 0.29) is 11.9 Å². The molecule has 1 heterocycles. The lowest BCUT2D eigenvalue weighted by molar-refractivity contribution is 0.0952. The second kappa shape index (κ2) is 5.92. The molecular weight excluding hydrogens is 252 g/mol. The fourth-order valence-electron chi connectivity index (χ4n) is 2.11. The van der Waals surface area contributed by atoms with Gasteiger partial charge in [-0.25, -0.2) is 0 Å². The van der Waals surface area contributed by atoms with E-state index in [1.165, 1.54) is 0 Å². The number of nitrogens with zero attached hydrogens (tertiary/aromatic N) is 1. The number of benzene rings is 1. The van der Waals surface area contributed by atoms with Crippen molar-refractivity contribution in [2.45, 2.75) is 33.4 Å². The lowest BCUT2D eigenvalue weighted by atomic mass is 10.1. The lowest BCUT2D eigenvalue weighted by Crippen LogP contribution is -2.36. The Balaban J connectivity index is 2.33. The predicted molar refractivity (Wildman–Crippen MR) is 79.7 cm³/mol. The van der Waals surface area contributed by atoms with E-state index in [9.17, 15) is 4.79 Å². The second-order valence-electron chi connectivity index (χ2n) is 5.05. The Kier molecular flexibility index (Phi) is 4.25. The van der Waals surface area contributed by atoms with Crippen LogP contribution >= 0.6 is 0 Å². The van der Waals surface area contributed by atoms with Gasteiger partial charge in [-0.1, -0.05) is 12.1 Å². The van der Waals surface area contributed by atoms with Crippen LogP contribution in [0.5, 0.6) is 0 Å². The molecule has 0 saturated carbocycles. The molecule has 0 aliphatic heterocycles. The van der Waals surface area contributed by atoms with Gasteiger partial charge in [0.1, 0.15) is 5.76 Å². The van der Waals surface area contributed by atoms with Gasteiger partial charge < -0.3 is 15.1 Å². The van der Waals surface area contributed by atoms with Crippen LogP contribution in [0.1, 0.15) is 35.7 Å². The smallest absolute Gasteiger partial charge is 0.294 e. The number of carbonyl (C=O) groups is 1. The molecule has 0 bridgehead atoms. The van der Waals surface area contributed by atoms with Crippen LogP contribution in [0.2, 0.25) is 0 Å². The highest BCUT2D eigenvalue weighted by Gasteiger charge is 2.23. The number of rotatable bonds is 4. The minimum absolute atomic E-state index is 0.0385. The van der Waals surface area contributed by atoms with E-state index in [1.54, 1.807) is 17.0 Å². The van der Waals surface area contributed by atoms with Gasteiger partial charge in [0.05, 0.1) is 0 Å². The summed E-state index contributed by atoms with van der Waals surface area (Å²) in [5.74, 6) is 0.961. The van der Waals surface area contributed by atoms with Crippen molar-refractivity contribution in [1.29, 1.82) is 0 Å². The van der Waals surface area contributed by atoms with E-state index < -0.39 is 0 Å². The molecule has 0 radical (unpaired) electrons. The SMILES string of the molecule is Cc1ccc(C(=O)N(c2ccc(CN)cc2)C(C)C)o1. The maximum absolute atomic E-state index is 12.6. The highest BCUT2D eigenvalue weighted by molar-refractivity contribution is 6.04. The molecule has 0 saturated heterocycles. The average Bonchev–Trinajstić information content (AvgIpc) is 2.86. The number of amides is 1. The molecule has 0 spiro atoms. The van der Waals surface area contributed by atoms with Crippen molar-refractivity contribution in [1.82, 2.24) is 0 Å². The first-order valence-corrected chi connectivity index (χ1v) is 6.72. The van der Waals surface area contributed by atoms with Gasteiger partial charge in [-0.05, 0) is 50.6 Å². The quantitative estimate of drug-likeness (QED) is 0.930. The highest BCUT2D eigenvalue weighted by Crippen LogP contribution is 2.21. The fraction of sp³-hybridized carbons (Fsp3) is 0.312. The summed E-state index contributed by atoms with van der Waals surface area (Å²) in [5.41, 5.74) is 7.48. The first kappa shape index (κ1) is 14.3. The Morgan fingerprint density at radius 2 is 1.85 bits per heavy atom. The summed E-state index contributed by atoms with van der Waals surface area (Å²) in [7, 11) is 0. The Morgan fingerprint density at radius 1 is 1.20 bits per heavy atom. The highest BCUT2D eigenvalue weighted by atomic mass is 16.3. The number of hydrogen-bond donors (Lipinski definition) is 1. The summed E-state index contributed by atoms with van der Waals surface area (Å²) in [4.78, 5) is 14.3. The molecular formula is C16H20N2O2. The van der Waals surface area contributed by atoms with Crippen molar-refractivity contribution < 1.29 is 9.21 Å². The molecule has 0 aliphatic rings. The Morgan fingerprint density at radius 3 is 2.30 bits per heavy atom. The van der Waals surface area contributed by atoms with Crippen LogP contribution in [0.15, 0.2) is 40.8 Å². The van der Waals surface area contributed by atoms with Gasteiger partial charge in [-0.15, -0.1) is 0 Å². The zero-order valence-electron chi connectivity index (χ0n) is 12.1. The van der Waals surface area contributed by atoms with Gasteiger partial charge in [0.15, 0.2) is 5.76 Å². The largest absolute Gasteiger partial charge is 0.456 e. The maximum atomic E-state index is 12.6. The Bertz CT molecular complexity index is 585. The molecule has 2 aromatic rings. The van der Waals surface area contributed by atoms with Crippen LogP contribution in [0.4, 0.5) is 5.69 Å².